The molecule has 0 radical (unpaired) electrons. The van der Waals surface area contributed by atoms with E-state index in [-0.39, 0.29) is 5.91 Å². The van der Waals surface area contributed by atoms with Gasteiger partial charge in [-0.15, -0.1) is 0 Å². The SMILES string of the molecule is CC(C)c1ccc(N2CCNC(=O)C2)nc1. The zero-order valence-corrected chi connectivity index (χ0v) is 9.73. The van der Waals surface area contributed by atoms with Gasteiger partial charge >= 0.3 is 0 Å². The van der Waals surface area contributed by atoms with E-state index in [9.17, 15) is 4.79 Å². The van der Waals surface area contributed by atoms with Gasteiger partial charge in [0, 0.05) is 19.3 Å². The lowest BCUT2D eigenvalue weighted by atomic mass is 10.1. The van der Waals surface area contributed by atoms with Crippen molar-refractivity contribution >= 4 is 11.7 Å². The number of piperazine rings is 1. The lowest BCUT2D eigenvalue weighted by Gasteiger charge is -2.27. The maximum atomic E-state index is 11.2. The van der Waals surface area contributed by atoms with Crippen molar-refractivity contribution in [3.8, 4) is 0 Å². The van der Waals surface area contributed by atoms with Crippen molar-refractivity contribution in [2.24, 2.45) is 0 Å². The fraction of sp³-hybridized carbons (Fsp3) is 0.500. The number of rotatable bonds is 2. The molecule has 0 saturated carbocycles. The molecule has 0 bridgehead atoms. The second-order valence-corrected chi connectivity index (χ2v) is 4.38. The number of hydrogen-bond donors (Lipinski definition) is 1. The van der Waals surface area contributed by atoms with Crippen LogP contribution in [0.2, 0.25) is 0 Å². The third-order valence-electron chi connectivity index (χ3n) is 2.80. The summed E-state index contributed by atoms with van der Waals surface area (Å²) in [7, 11) is 0. The van der Waals surface area contributed by atoms with Gasteiger partial charge in [-0.3, -0.25) is 4.79 Å². The Kier molecular flexibility index (Phi) is 3.08. The van der Waals surface area contributed by atoms with Crippen LogP contribution in [-0.2, 0) is 4.79 Å². The van der Waals surface area contributed by atoms with E-state index in [0.717, 1.165) is 12.4 Å². The van der Waals surface area contributed by atoms with Crippen LogP contribution in [0.1, 0.15) is 25.3 Å². The largest absolute Gasteiger partial charge is 0.353 e. The normalized spacial score (nSPS) is 16.4. The highest BCUT2D eigenvalue weighted by atomic mass is 16.2. The maximum Gasteiger partial charge on any atom is 0.239 e. The number of carbonyl (C=O) groups excluding carboxylic acids is 1. The number of hydrogen-bond acceptors (Lipinski definition) is 3. The van der Waals surface area contributed by atoms with E-state index in [1.165, 1.54) is 5.56 Å². The molecule has 0 atom stereocenters. The molecule has 2 rings (SSSR count). The van der Waals surface area contributed by atoms with Crippen molar-refractivity contribution in [1.82, 2.24) is 10.3 Å². The van der Waals surface area contributed by atoms with E-state index in [4.69, 9.17) is 0 Å². The Bertz CT molecular complexity index is 372. The van der Waals surface area contributed by atoms with Crippen LogP contribution in [-0.4, -0.2) is 30.5 Å². The molecule has 1 saturated heterocycles. The first kappa shape index (κ1) is 10.9. The highest BCUT2D eigenvalue weighted by molar-refractivity contribution is 5.82. The smallest absolute Gasteiger partial charge is 0.239 e. The zero-order chi connectivity index (χ0) is 11.5. The number of nitrogens with zero attached hydrogens (tertiary/aromatic N) is 2. The monoisotopic (exact) mass is 219 g/mol. The van der Waals surface area contributed by atoms with Crippen LogP contribution >= 0.6 is 0 Å². The Morgan fingerprint density at radius 3 is 2.81 bits per heavy atom. The quantitative estimate of drug-likeness (QED) is 0.811. The first-order chi connectivity index (χ1) is 7.66. The van der Waals surface area contributed by atoms with Crippen molar-refractivity contribution in [3.63, 3.8) is 0 Å². The molecular weight excluding hydrogens is 202 g/mol. The van der Waals surface area contributed by atoms with Crippen molar-refractivity contribution in [1.29, 1.82) is 0 Å². The maximum absolute atomic E-state index is 11.2. The topological polar surface area (TPSA) is 45.2 Å². The molecule has 1 aliphatic rings. The summed E-state index contributed by atoms with van der Waals surface area (Å²) in [6.45, 7) is 6.23. The Morgan fingerprint density at radius 1 is 1.44 bits per heavy atom. The zero-order valence-electron chi connectivity index (χ0n) is 9.73. The second kappa shape index (κ2) is 4.51. The summed E-state index contributed by atoms with van der Waals surface area (Å²) >= 11 is 0. The molecule has 0 aromatic carbocycles. The molecule has 1 aromatic rings. The minimum atomic E-state index is 0.0704. The van der Waals surface area contributed by atoms with Gasteiger partial charge in [0.1, 0.15) is 5.82 Å². The van der Waals surface area contributed by atoms with Crippen molar-refractivity contribution in [2.45, 2.75) is 19.8 Å². The number of aromatic nitrogens is 1. The molecule has 0 spiro atoms. The fourth-order valence-electron chi connectivity index (χ4n) is 1.76. The highest BCUT2D eigenvalue weighted by Crippen LogP contribution is 2.17. The average Bonchev–Trinajstić information content (AvgIpc) is 2.29. The number of pyridine rings is 1. The molecule has 4 heteroatoms. The van der Waals surface area contributed by atoms with E-state index >= 15 is 0 Å². The molecule has 1 amide bonds. The molecule has 16 heavy (non-hydrogen) atoms. The van der Waals surface area contributed by atoms with Gasteiger partial charge < -0.3 is 10.2 Å². The summed E-state index contributed by atoms with van der Waals surface area (Å²) in [5.41, 5.74) is 1.23. The molecule has 0 unspecified atom stereocenters. The first-order valence-corrected chi connectivity index (χ1v) is 5.64. The third-order valence-corrected chi connectivity index (χ3v) is 2.80. The Morgan fingerprint density at radius 2 is 2.25 bits per heavy atom. The van der Waals surface area contributed by atoms with Gasteiger partial charge in [0.2, 0.25) is 5.91 Å². The predicted octanol–water partition coefficient (Wildman–Crippen LogP) is 1.14. The molecule has 1 fully saturated rings. The van der Waals surface area contributed by atoms with Gasteiger partial charge in [-0.25, -0.2) is 4.98 Å². The second-order valence-electron chi connectivity index (χ2n) is 4.38. The van der Waals surface area contributed by atoms with E-state index in [2.05, 4.69) is 30.2 Å². The van der Waals surface area contributed by atoms with E-state index in [1.807, 2.05) is 17.2 Å². The van der Waals surface area contributed by atoms with Crippen LogP contribution in [0.3, 0.4) is 0 Å². The van der Waals surface area contributed by atoms with Gasteiger partial charge in [0.25, 0.3) is 0 Å². The van der Waals surface area contributed by atoms with Crippen LogP contribution < -0.4 is 10.2 Å². The van der Waals surface area contributed by atoms with Crippen molar-refractivity contribution in [3.05, 3.63) is 23.9 Å². The summed E-state index contributed by atoms with van der Waals surface area (Å²) in [6, 6.07) is 4.08. The van der Waals surface area contributed by atoms with E-state index < -0.39 is 0 Å². The number of nitrogens with one attached hydrogen (secondary N) is 1. The molecule has 0 aliphatic carbocycles. The molecule has 86 valence electrons. The van der Waals surface area contributed by atoms with Crippen LogP contribution in [0.5, 0.6) is 0 Å². The number of anilines is 1. The molecule has 1 aromatic heterocycles. The predicted molar refractivity (Wildman–Crippen MR) is 63.5 cm³/mol. The summed E-state index contributed by atoms with van der Waals surface area (Å²) in [6.07, 6.45) is 1.90. The highest BCUT2D eigenvalue weighted by Gasteiger charge is 2.17. The molecular formula is C12H17N3O. The van der Waals surface area contributed by atoms with Gasteiger partial charge in [-0.2, -0.15) is 0 Å². The molecule has 1 N–H and O–H groups in total. The lowest BCUT2D eigenvalue weighted by Crippen LogP contribution is -2.48. The van der Waals surface area contributed by atoms with Gasteiger partial charge in [-0.1, -0.05) is 19.9 Å². The standard InChI is InChI=1S/C12H17N3O/c1-9(2)10-3-4-11(14-7-10)15-6-5-13-12(16)8-15/h3-4,7,9H,5-6,8H2,1-2H3,(H,13,16). The van der Waals surface area contributed by atoms with Crippen molar-refractivity contribution in [2.75, 3.05) is 24.5 Å². The van der Waals surface area contributed by atoms with Crippen LogP contribution in [0.4, 0.5) is 5.82 Å². The first-order valence-electron chi connectivity index (χ1n) is 5.64. The van der Waals surface area contributed by atoms with Crippen LogP contribution in [0, 0.1) is 0 Å². The van der Waals surface area contributed by atoms with Crippen LogP contribution in [0.15, 0.2) is 18.3 Å². The minimum absolute atomic E-state index is 0.0704. The minimum Gasteiger partial charge on any atom is -0.353 e. The summed E-state index contributed by atoms with van der Waals surface area (Å²) in [5.74, 6) is 1.45. The Labute approximate surface area is 95.7 Å². The number of amides is 1. The van der Waals surface area contributed by atoms with E-state index in [1.54, 1.807) is 0 Å². The average molecular weight is 219 g/mol. The molecule has 4 nitrogen and oxygen atoms in total. The fourth-order valence-corrected chi connectivity index (χ4v) is 1.76. The van der Waals surface area contributed by atoms with Gasteiger partial charge in [0.15, 0.2) is 0 Å². The van der Waals surface area contributed by atoms with Gasteiger partial charge in [0.05, 0.1) is 6.54 Å². The Balaban J connectivity index is 2.11. The summed E-state index contributed by atoms with van der Waals surface area (Å²) < 4.78 is 0. The molecule has 2 heterocycles. The Hall–Kier alpha value is -1.58. The van der Waals surface area contributed by atoms with Gasteiger partial charge in [-0.05, 0) is 17.5 Å². The summed E-state index contributed by atoms with van der Waals surface area (Å²) in [5, 5.41) is 2.80. The summed E-state index contributed by atoms with van der Waals surface area (Å²) in [4.78, 5) is 17.6. The van der Waals surface area contributed by atoms with E-state index in [0.29, 0.717) is 19.0 Å². The van der Waals surface area contributed by atoms with Crippen LogP contribution in [0.25, 0.3) is 0 Å². The number of carbonyl (C=O) groups is 1. The molecule has 1 aliphatic heterocycles. The third kappa shape index (κ3) is 2.32. The van der Waals surface area contributed by atoms with Crippen molar-refractivity contribution < 1.29 is 4.79 Å². The lowest BCUT2D eigenvalue weighted by molar-refractivity contribution is -0.120.